The normalized spacial score (nSPS) is 10.0. The van der Waals surface area contributed by atoms with Crippen molar-refractivity contribution in [3.63, 3.8) is 0 Å². The van der Waals surface area contributed by atoms with Crippen molar-refractivity contribution >= 4 is 0 Å². The summed E-state index contributed by atoms with van der Waals surface area (Å²) in [5.74, 6) is 1.13. The average molecular weight is 198 g/mol. The highest BCUT2D eigenvalue weighted by Crippen LogP contribution is 2.22. The molecular formula is C14H16N. The number of nitrogens with zero attached hydrogens (tertiary/aromatic N) is 1. The molecule has 77 valence electrons. The number of hydrogen-bond acceptors (Lipinski definition) is 1. The van der Waals surface area contributed by atoms with Crippen molar-refractivity contribution in [2.45, 2.75) is 26.7 Å². The van der Waals surface area contributed by atoms with Crippen LogP contribution in [0.25, 0.3) is 0 Å². The Hall–Kier alpha value is -1.55. The van der Waals surface area contributed by atoms with Gasteiger partial charge in [-0.15, -0.1) is 6.58 Å². The quantitative estimate of drug-likeness (QED) is 0.724. The van der Waals surface area contributed by atoms with Gasteiger partial charge in [-0.1, -0.05) is 32.4 Å². The van der Waals surface area contributed by atoms with E-state index >= 15 is 0 Å². The Morgan fingerprint density at radius 2 is 2.27 bits per heavy atom. The fraction of sp³-hybridized carbons (Fsp3) is 0.286. The molecule has 1 nitrogen and oxygen atoms in total. The summed E-state index contributed by atoms with van der Waals surface area (Å²) in [6.45, 7) is 7.96. The Morgan fingerprint density at radius 3 is 2.80 bits per heavy atom. The molecule has 0 aliphatic carbocycles. The van der Waals surface area contributed by atoms with Gasteiger partial charge in [0.2, 0.25) is 0 Å². The first kappa shape index (κ1) is 11.5. The smallest absolute Gasteiger partial charge is 0.0991 e. The topological polar surface area (TPSA) is 23.8 Å². The molecule has 0 aliphatic heterocycles. The fourth-order valence-electron chi connectivity index (χ4n) is 1.61. The van der Waals surface area contributed by atoms with Crippen LogP contribution in [0.3, 0.4) is 0 Å². The lowest BCUT2D eigenvalue weighted by molar-refractivity contribution is 0.909. The molecular weight excluding hydrogens is 182 g/mol. The van der Waals surface area contributed by atoms with E-state index in [9.17, 15) is 0 Å². The van der Waals surface area contributed by atoms with Gasteiger partial charge in [-0.2, -0.15) is 5.26 Å². The highest BCUT2D eigenvalue weighted by molar-refractivity contribution is 5.47. The van der Waals surface area contributed by atoms with Crippen molar-refractivity contribution in [3.8, 4) is 6.07 Å². The molecule has 1 heteroatoms. The Labute approximate surface area is 92.1 Å². The van der Waals surface area contributed by atoms with Crippen LogP contribution in [0.1, 0.15) is 37.0 Å². The molecule has 1 rings (SSSR count). The predicted octanol–water partition coefficient (Wildman–Crippen LogP) is 3.64. The second-order valence-corrected chi connectivity index (χ2v) is 3.62. The zero-order chi connectivity index (χ0) is 11.3. The first-order chi connectivity index (χ1) is 7.22. The van der Waals surface area contributed by atoms with Gasteiger partial charge in [0.15, 0.2) is 0 Å². The molecule has 0 bridgehead atoms. The molecule has 0 amide bonds. The van der Waals surface area contributed by atoms with Crippen LogP contribution in [0.4, 0.5) is 0 Å². The molecule has 0 N–H and O–H groups in total. The van der Waals surface area contributed by atoms with E-state index in [2.05, 4.69) is 19.6 Å². The first-order valence-electron chi connectivity index (χ1n) is 5.22. The van der Waals surface area contributed by atoms with Crippen LogP contribution in [0.5, 0.6) is 0 Å². The number of nitriles is 1. The molecule has 0 fully saturated rings. The summed E-state index contributed by atoms with van der Waals surface area (Å²) < 4.78 is 0. The zero-order valence-electron chi connectivity index (χ0n) is 9.38. The van der Waals surface area contributed by atoms with Gasteiger partial charge >= 0.3 is 0 Å². The summed E-state index contributed by atoms with van der Waals surface area (Å²) in [6.07, 6.45) is 4.01. The van der Waals surface area contributed by atoms with Crippen molar-refractivity contribution in [1.82, 2.24) is 0 Å². The summed E-state index contributed by atoms with van der Waals surface area (Å²) in [4.78, 5) is 0. The predicted molar refractivity (Wildman–Crippen MR) is 63.4 cm³/mol. The molecule has 0 unspecified atom stereocenters. The van der Waals surface area contributed by atoms with Crippen molar-refractivity contribution < 1.29 is 0 Å². The van der Waals surface area contributed by atoms with Gasteiger partial charge in [0.1, 0.15) is 0 Å². The molecule has 0 saturated heterocycles. The Morgan fingerprint density at radius 1 is 1.53 bits per heavy atom. The van der Waals surface area contributed by atoms with E-state index in [1.807, 2.05) is 31.2 Å². The summed E-state index contributed by atoms with van der Waals surface area (Å²) in [5, 5.41) is 8.85. The summed E-state index contributed by atoms with van der Waals surface area (Å²) >= 11 is 0. The maximum Gasteiger partial charge on any atom is 0.0991 e. The number of hydrogen-bond donors (Lipinski definition) is 0. The average Bonchev–Trinajstić information content (AvgIpc) is 2.29. The molecule has 1 radical (unpaired) electrons. The van der Waals surface area contributed by atoms with E-state index < -0.39 is 0 Å². The van der Waals surface area contributed by atoms with E-state index in [1.54, 1.807) is 0 Å². The van der Waals surface area contributed by atoms with Gasteiger partial charge in [-0.05, 0) is 29.7 Å². The van der Waals surface area contributed by atoms with Crippen LogP contribution in [-0.2, 0) is 6.42 Å². The molecule has 0 spiro atoms. The lowest BCUT2D eigenvalue weighted by Gasteiger charge is -2.12. The molecule has 1 aromatic rings. The maximum absolute atomic E-state index is 8.85. The molecule has 0 saturated carbocycles. The maximum atomic E-state index is 8.85. The highest BCUT2D eigenvalue weighted by Gasteiger charge is 2.08. The Kier molecular flexibility index (Phi) is 4.12. The van der Waals surface area contributed by atoms with Gasteiger partial charge in [0.05, 0.1) is 11.6 Å². The largest absolute Gasteiger partial charge is 0.192 e. The first-order valence-corrected chi connectivity index (χ1v) is 5.22. The minimum atomic E-state index is 0.714. The van der Waals surface area contributed by atoms with Gasteiger partial charge in [-0.3, -0.25) is 0 Å². The number of rotatable bonds is 4. The third-order valence-electron chi connectivity index (χ3n) is 2.49. The second-order valence-electron chi connectivity index (χ2n) is 3.62. The molecule has 1 aromatic carbocycles. The lowest BCUT2D eigenvalue weighted by atomic mass is 9.92. The van der Waals surface area contributed by atoms with E-state index in [0.717, 1.165) is 24.3 Å². The highest BCUT2D eigenvalue weighted by atomic mass is 14.2. The van der Waals surface area contributed by atoms with E-state index in [-0.39, 0.29) is 0 Å². The summed E-state index contributed by atoms with van der Waals surface area (Å²) in [7, 11) is 0. The second kappa shape index (κ2) is 5.36. The van der Waals surface area contributed by atoms with Crippen LogP contribution in [0, 0.1) is 17.2 Å². The molecule has 0 atom stereocenters. The Balaban J connectivity index is 3.16. The zero-order valence-corrected chi connectivity index (χ0v) is 9.38. The van der Waals surface area contributed by atoms with Gasteiger partial charge in [-0.25, -0.2) is 0 Å². The lowest BCUT2D eigenvalue weighted by Crippen LogP contribution is -1.98. The number of allylic oxidation sites excluding steroid dienone is 1. The monoisotopic (exact) mass is 198 g/mol. The third-order valence-corrected chi connectivity index (χ3v) is 2.49. The van der Waals surface area contributed by atoms with E-state index in [0.29, 0.717) is 5.56 Å². The van der Waals surface area contributed by atoms with Crippen LogP contribution >= 0.6 is 0 Å². The standard InChI is InChI=1S/C14H16N/c1-4-6-13-8-7-12(10-15)9-14(13)11(3)5-2/h5,7-9H,2,4,6H2,1,3H3. The van der Waals surface area contributed by atoms with E-state index in [4.69, 9.17) is 5.26 Å². The SMILES string of the molecule is C=C[C](C)c1cc(C#N)ccc1CCC. The Bertz CT molecular complexity index is 385. The van der Waals surface area contributed by atoms with E-state index in [1.165, 1.54) is 5.56 Å². The van der Waals surface area contributed by atoms with Crippen molar-refractivity contribution in [2.24, 2.45) is 0 Å². The van der Waals surface area contributed by atoms with Gasteiger partial charge in [0, 0.05) is 5.92 Å². The summed E-state index contributed by atoms with van der Waals surface area (Å²) in [6, 6.07) is 8.04. The van der Waals surface area contributed by atoms with Gasteiger partial charge < -0.3 is 0 Å². The number of benzene rings is 1. The fourth-order valence-corrected chi connectivity index (χ4v) is 1.61. The molecule has 0 aromatic heterocycles. The number of aryl methyl sites for hydroxylation is 1. The van der Waals surface area contributed by atoms with Crippen LogP contribution in [0.2, 0.25) is 0 Å². The van der Waals surface area contributed by atoms with Gasteiger partial charge in [0.25, 0.3) is 0 Å². The molecule has 0 heterocycles. The third kappa shape index (κ3) is 2.70. The van der Waals surface area contributed by atoms with Crippen LogP contribution in [-0.4, -0.2) is 0 Å². The van der Waals surface area contributed by atoms with Crippen molar-refractivity contribution in [2.75, 3.05) is 0 Å². The van der Waals surface area contributed by atoms with Crippen molar-refractivity contribution in [3.05, 3.63) is 53.5 Å². The summed E-state index contributed by atoms with van der Waals surface area (Å²) in [5.41, 5.74) is 3.17. The van der Waals surface area contributed by atoms with Crippen molar-refractivity contribution in [1.29, 1.82) is 5.26 Å². The molecule has 0 aliphatic rings. The minimum absolute atomic E-state index is 0.714. The molecule has 15 heavy (non-hydrogen) atoms. The van der Waals surface area contributed by atoms with Crippen LogP contribution in [0.15, 0.2) is 30.9 Å². The minimum Gasteiger partial charge on any atom is -0.192 e. The van der Waals surface area contributed by atoms with Crippen LogP contribution < -0.4 is 0 Å².